The Bertz CT molecular complexity index is 1320. The van der Waals surface area contributed by atoms with Gasteiger partial charge in [-0.25, -0.2) is 4.79 Å². The molecule has 34 heavy (non-hydrogen) atoms. The molecule has 3 aromatic carbocycles. The van der Waals surface area contributed by atoms with E-state index < -0.39 is 35.2 Å². The number of anilines is 1. The molecule has 1 aliphatic rings. The molecule has 0 aromatic heterocycles. The predicted octanol–water partition coefficient (Wildman–Crippen LogP) is 3.19. The molecule has 0 spiro atoms. The molecular formula is C24H17N3O7. The number of carbonyl (C=O) groups is 4. The van der Waals surface area contributed by atoms with Gasteiger partial charge in [0.2, 0.25) is 0 Å². The highest BCUT2D eigenvalue weighted by molar-refractivity contribution is 6.21. The molecule has 10 heteroatoms. The average molecular weight is 459 g/mol. The number of carbonyl (C=O) groups excluding carboxylic acids is 4. The topological polar surface area (TPSA) is 136 Å². The zero-order valence-corrected chi connectivity index (χ0v) is 17.6. The number of rotatable bonds is 7. The highest BCUT2D eigenvalue weighted by atomic mass is 16.6. The fourth-order valence-electron chi connectivity index (χ4n) is 3.44. The molecule has 1 N–H and O–H groups in total. The zero-order valence-electron chi connectivity index (χ0n) is 17.6. The van der Waals surface area contributed by atoms with Crippen LogP contribution in [-0.4, -0.2) is 40.1 Å². The van der Waals surface area contributed by atoms with Gasteiger partial charge in [-0.3, -0.25) is 29.4 Å². The highest BCUT2D eigenvalue weighted by Crippen LogP contribution is 2.26. The highest BCUT2D eigenvalue weighted by Gasteiger charge is 2.36. The van der Waals surface area contributed by atoms with Gasteiger partial charge in [-0.05, 0) is 29.8 Å². The molecule has 4 rings (SSSR count). The lowest BCUT2D eigenvalue weighted by molar-refractivity contribution is -0.384. The summed E-state index contributed by atoms with van der Waals surface area (Å²) in [6.45, 7) is -0.545. The molecule has 0 unspecified atom stereocenters. The lowest BCUT2D eigenvalue weighted by Gasteiger charge is -2.13. The van der Waals surface area contributed by atoms with Gasteiger partial charge >= 0.3 is 5.97 Å². The molecule has 10 nitrogen and oxygen atoms in total. The Morgan fingerprint density at radius 1 is 0.912 bits per heavy atom. The summed E-state index contributed by atoms with van der Waals surface area (Å²) in [5.74, 6) is -2.55. The van der Waals surface area contributed by atoms with Crippen molar-refractivity contribution in [2.45, 2.75) is 6.54 Å². The van der Waals surface area contributed by atoms with E-state index in [1.807, 2.05) is 6.07 Å². The van der Waals surface area contributed by atoms with Crippen LogP contribution >= 0.6 is 0 Å². The van der Waals surface area contributed by atoms with E-state index in [2.05, 4.69) is 5.32 Å². The fourth-order valence-corrected chi connectivity index (χ4v) is 3.44. The minimum absolute atomic E-state index is 0.00427. The molecular weight excluding hydrogens is 442 g/mol. The number of esters is 1. The number of nitro groups is 1. The Morgan fingerprint density at radius 2 is 1.65 bits per heavy atom. The maximum Gasteiger partial charge on any atom is 0.338 e. The smallest absolute Gasteiger partial charge is 0.338 e. The minimum atomic E-state index is -0.862. The summed E-state index contributed by atoms with van der Waals surface area (Å²) in [4.78, 5) is 61.2. The monoisotopic (exact) mass is 459 g/mol. The van der Waals surface area contributed by atoms with E-state index in [1.54, 1.807) is 24.3 Å². The third-order valence-electron chi connectivity index (χ3n) is 5.06. The lowest BCUT2D eigenvalue weighted by atomic mass is 10.1. The Kier molecular flexibility index (Phi) is 6.13. The van der Waals surface area contributed by atoms with Crippen LogP contribution in [0.15, 0.2) is 72.8 Å². The molecule has 1 aliphatic heterocycles. The second kappa shape index (κ2) is 9.33. The SMILES string of the molecule is O=C(COC(=O)c1ccc2c(c1)C(=O)N(Cc1ccccc1)C2=O)Nc1cccc([N+](=O)[O-])c1. The van der Waals surface area contributed by atoms with Gasteiger partial charge in [-0.15, -0.1) is 0 Å². The summed E-state index contributed by atoms with van der Waals surface area (Å²) in [7, 11) is 0. The largest absolute Gasteiger partial charge is 0.452 e. The van der Waals surface area contributed by atoms with Crippen molar-refractivity contribution in [3.8, 4) is 0 Å². The Morgan fingerprint density at radius 3 is 2.38 bits per heavy atom. The van der Waals surface area contributed by atoms with Crippen LogP contribution in [0.25, 0.3) is 0 Å². The van der Waals surface area contributed by atoms with Crippen molar-refractivity contribution >= 4 is 35.1 Å². The summed E-state index contributed by atoms with van der Waals surface area (Å²) in [6, 6.07) is 18.3. The van der Waals surface area contributed by atoms with Crippen molar-refractivity contribution in [3.05, 3.63) is 105 Å². The molecule has 0 saturated heterocycles. The van der Waals surface area contributed by atoms with Crippen LogP contribution in [0.1, 0.15) is 36.6 Å². The molecule has 0 aliphatic carbocycles. The van der Waals surface area contributed by atoms with Gasteiger partial charge in [0.05, 0.1) is 28.2 Å². The van der Waals surface area contributed by atoms with Crippen LogP contribution in [0.4, 0.5) is 11.4 Å². The number of nitrogens with one attached hydrogen (secondary N) is 1. The molecule has 0 radical (unpaired) electrons. The van der Waals surface area contributed by atoms with Crippen LogP contribution in [0.5, 0.6) is 0 Å². The second-order valence-corrected chi connectivity index (χ2v) is 7.37. The van der Waals surface area contributed by atoms with Crippen LogP contribution in [-0.2, 0) is 16.1 Å². The Balaban J connectivity index is 1.39. The summed E-state index contributed by atoms with van der Waals surface area (Å²) in [6.07, 6.45) is 0. The lowest BCUT2D eigenvalue weighted by Crippen LogP contribution is -2.29. The van der Waals surface area contributed by atoms with E-state index in [-0.39, 0.29) is 34.6 Å². The van der Waals surface area contributed by atoms with Gasteiger partial charge in [0.1, 0.15) is 0 Å². The number of imide groups is 1. The molecule has 170 valence electrons. The van der Waals surface area contributed by atoms with Gasteiger partial charge < -0.3 is 10.1 Å². The fraction of sp³-hybridized carbons (Fsp3) is 0.0833. The predicted molar refractivity (Wildman–Crippen MR) is 119 cm³/mol. The third-order valence-corrected chi connectivity index (χ3v) is 5.06. The number of hydrogen-bond acceptors (Lipinski definition) is 7. The molecule has 1 heterocycles. The van der Waals surface area contributed by atoms with Gasteiger partial charge in [0.25, 0.3) is 23.4 Å². The van der Waals surface area contributed by atoms with Crippen LogP contribution in [0.3, 0.4) is 0 Å². The van der Waals surface area contributed by atoms with Crippen molar-refractivity contribution in [1.29, 1.82) is 0 Å². The van der Waals surface area contributed by atoms with Gasteiger partial charge in [0, 0.05) is 17.8 Å². The quantitative estimate of drug-likeness (QED) is 0.248. The molecule has 0 saturated carbocycles. The Hall–Kier alpha value is -4.86. The van der Waals surface area contributed by atoms with Gasteiger partial charge in [-0.1, -0.05) is 36.4 Å². The van der Waals surface area contributed by atoms with Crippen LogP contribution in [0.2, 0.25) is 0 Å². The number of non-ortho nitro benzene ring substituents is 1. The number of fused-ring (bicyclic) bond motifs is 1. The van der Waals surface area contributed by atoms with Crippen molar-refractivity contribution in [3.63, 3.8) is 0 Å². The van der Waals surface area contributed by atoms with Crippen molar-refractivity contribution < 1.29 is 28.8 Å². The third kappa shape index (κ3) is 4.65. The summed E-state index contributed by atoms with van der Waals surface area (Å²) >= 11 is 0. The summed E-state index contributed by atoms with van der Waals surface area (Å²) in [5, 5.41) is 13.2. The van der Waals surface area contributed by atoms with Crippen LogP contribution < -0.4 is 5.32 Å². The van der Waals surface area contributed by atoms with E-state index in [1.165, 1.54) is 42.5 Å². The number of hydrogen-bond donors (Lipinski definition) is 1. The average Bonchev–Trinajstić information content (AvgIpc) is 3.07. The molecule has 3 aromatic rings. The number of nitro benzene ring substituents is 1. The van der Waals surface area contributed by atoms with E-state index in [9.17, 15) is 29.3 Å². The standard InChI is InChI=1S/C24H17N3O7/c28-21(25-17-7-4-8-18(12-17)27(32)33)14-34-24(31)16-9-10-19-20(11-16)23(30)26(22(19)29)13-15-5-2-1-3-6-15/h1-12H,13-14H2,(H,25,28). The number of benzene rings is 3. The van der Waals surface area contributed by atoms with E-state index in [4.69, 9.17) is 4.74 Å². The maximum atomic E-state index is 12.8. The summed E-state index contributed by atoms with van der Waals surface area (Å²) in [5.41, 5.74) is 1.03. The van der Waals surface area contributed by atoms with Crippen molar-refractivity contribution in [2.24, 2.45) is 0 Å². The first-order valence-electron chi connectivity index (χ1n) is 10.1. The molecule has 0 atom stereocenters. The van der Waals surface area contributed by atoms with Crippen LogP contribution in [0, 0.1) is 10.1 Å². The number of amides is 3. The first kappa shape index (κ1) is 22.3. The van der Waals surface area contributed by atoms with Crippen molar-refractivity contribution in [1.82, 2.24) is 4.90 Å². The molecule has 0 bridgehead atoms. The van der Waals surface area contributed by atoms with Gasteiger partial charge in [-0.2, -0.15) is 0 Å². The minimum Gasteiger partial charge on any atom is -0.452 e. The number of nitrogens with zero attached hydrogens (tertiary/aromatic N) is 2. The number of ether oxygens (including phenoxy) is 1. The van der Waals surface area contributed by atoms with E-state index in [0.29, 0.717) is 0 Å². The molecule has 3 amide bonds. The normalized spacial score (nSPS) is 12.3. The first-order chi connectivity index (χ1) is 16.3. The van der Waals surface area contributed by atoms with E-state index >= 15 is 0 Å². The van der Waals surface area contributed by atoms with E-state index in [0.717, 1.165) is 10.5 Å². The van der Waals surface area contributed by atoms with Gasteiger partial charge in [0.15, 0.2) is 6.61 Å². The Labute approximate surface area is 192 Å². The second-order valence-electron chi connectivity index (χ2n) is 7.37. The molecule has 0 fully saturated rings. The maximum absolute atomic E-state index is 12.8. The summed E-state index contributed by atoms with van der Waals surface area (Å²) < 4.78 is 4.99. The first-order valence-corrected chi connectivity index (χ1v) is 10.1. The van der Waals surface area contributed by atoms with Crippen molar-refractivity contribution in [2.75, 3.05) is 11.9 Å². The zero-order chi connectivity index (χ0) is 24.2.